The zero-order valence-corrected chi connectivity index (χ0v) is 9.39. The van der Waals surface area contributed by atoms with Gasteiger partial charge in [0.1, 0.15) is 0 Å². The summed E-state index contributed by atoms with van der Waals surface area (Å²) in [6.07, 6.45) is 0.638. The lowest BCUT2D eigenvalue weighted by atomic mass is 10.4. The van der Waals surface area contributed by atoms with E-state index in [-0.39, 0.29) is 0 Å². The van der Waals surface area contributed by atoms with Crippen LogP contribution >= 0.6 is 0 Å². The highest BCUT2D eigenvalue weighted by atomic mass is 32.2. The molecule has 0 aliphatic heterocycles. The van der Waals surface area contributed by atoms with Crippen LogP contribution < -0.4 is 16.2 Å². The van der Waals surface area contributed by atoms with Crippen molar-refractivity contribution in [1.82, 2.24) is 9.03 Å². The molecule has 0 atom stereocenters. The van der Waals surface area contributed by atoms with Gasteiger partial charge in [-0.3, -0.25) is 0 Å². The van der Waals surface area contributed by atoms with Crippen LogP contribution in [0.25, 0.3) is 0 Å². The fraction of sp³-hybridized carbons (Fsp3) is 1.00. The molecule has 0 aliphatic carbocycles. The lowest BCUT2D eigenvalue weighted by Crippen LogP contribution is -2.43. The molecule has 5 N–H and O–H groups in total. The van der Waals surface area contributed by atoms with Gasteiger partial charge in [0.05, 0.1) is 0 Å². The van der Waals surface area contributed by atoms with Crippen molar-refractivity contribution in [3.63, 3.8) is 0 Å². The third-order valence-corrected chi connectivity index (χ3v) is 3.43. The molecule has 6 nitrogen and oxygen atoms in total. The van der Waals surface area contributed by atoms with E-state index in [0.717, 1.165) is 0 Å². The van der Waals surface area contributed by atoms with Crippen molar-refractivity contribution < 1.29 is 8.42 Å². The highest BCUT2D eigenvalue weighted by Crippen LogP contribution is 1.95. The molecule has 14 heavy (non-hydrogen) atoms. The molecule has 0 aromatic heterocycles. The Balaban J connectivity index is 4.12. The maximum atomic E-state index is 11.5. The molecule has 0 fully saturated rings. The van der Waals surface area contributed by atoms with E-state index in [1.807, 2.05) is 0 Å². The second kappa shape index (κ2) is 7.13. The molecule has 0 aliphatic rings. The van der Waals surface area contributed by atoms with Gasteiger partial charge in [0, 0.05) is 26.2 Å². The molecule has 0 heterocycles. The first kappa shape index (κ1) is 13.8. The fourth-order valence-corrected chi connectivity index (χ4v) is 2.26. The largest absolute Gasteiger partial charge is 0.330 e. The van der Waals surface area contributed by atoms with Crippen LogP contribution in [0.3, 0.4) is 0 Å². The molecule has 0 radical (unpaired) electrons. The van der Waals surface area contributed by atoms with Crippen LogP contribution in [0, 0.1) is 0 Å². The van der Waals surface area contributed by atoms with Crippen LogP contribution in [0.4, 0.5) is 0 Å². The molecule has 0 bridgehead atoms. The van der Waals surface area contributed by atoms with Crippen LogP contribution in [-0.4, -0.2) is 45.4 Å². The summed E-state index contributed by atoms with van der Waals surface area (Å²) in [6.45, 7) is 3.72. The summed E-state index contributed by atoms with van der Waals surface area (Å²) in [4.78, 5) is 0. The standard InChI is InChI=1S/C7H20N4O2S/c1-2-11(7-5-9)14(12,13)10-6-3-4-8/h10H,2-9H2,1H3. The Morgan fingerprint density at radius 2 is 1.93 bits per heavy atom. The Hall–Kier alpha value is -0.210. The molecule has 0 aromatic carbocycles. The Kier molecular flexibility index (Phi) is 7.02. The van der Waals surface area contributed by atoms with Crippen LogP contribution in [0.15, 0.2) is 0 Å². The molecule has 0 rings (SSSR count). The van der Waals surface area contributed by atoms with Crippen molar-refractivity contribution in [1.29, 1.82) is 0 Å². The lowest BCUT2D eigenvalue weighted by molar-refractivity contribution is 0.425. The summed E-state index contributed by atoms with van der Waals surface area (Å²) in [5.74, 6) is 0. The molecule has 86 valence electrons. The van der Waals surface area contributed by atoms with Gasteiger partial charge in [-0.2, -0.15) is 12.7 Å². The minimum atomic E-state index is -3.36. The average molecular weight is 224 g/mol. The number of likely N-dealkylation sites (N-methyl/N-ethyl adjacent to an activating group) is 1. The molecule has 0 aromatic rings. The van der Waals surface area contributed by atoms with E-state index in [1.54, 1.807) is 6.92 Å². The zero-order chi connectivity index (χ0) is 11.0. The second-order valence-corrected chi connectivity index (χ2v) is 4.58. The third kappa shape index (κ3) is 4.87. The summed E-state index contributed by atoms with van der Waals surface area (Å²) >= 11 is 0. The normalized spacial score (nSPS) is 12.3. The molecule has 0 amide bonds. The number of rotatable bonds is 8. The maximum Gasteiger partial charge on any atom is 0.279 e. The highest BCUT2D eigenvalue weighted by molar-refractivity contribution is 7.87. The number of hydrogen-bond acceptors (Lipinski definition) is 4. The number of nitrogens with one attached hydrogen (secondary N) is 1. The minimum Gasteiger partial charge on any atom is -0.330 e. The van der Waals surface area contributed by atoms with Gasteiger partial charge in [-0.1, -0.05) is 6.92 Å². The Bertz CT molecular complexity index is 230. The molecular weight excluding hydrogens is 204 g/mol. The molecule has 0 unspecified atom stereocenters. The quantitative estimate of drug-likeness (QED) is 0.434. The van der Waals surface area contributed by atoms with Crippen molar-refractivity contribution in [2.45, 2.75) is 13.3 Å². The number of nitrogens with two attached hydrogens (primary N) is 2. The average Bonchev–Trinajstić information content (AvgIpc) is 2.14. The number of hydrogen-bond donors (Lipinski definition) is 3. The fourth-order valence-electron chi connectivity index (χ4n) is 0.987. The van der Waals surface area contributed by atoms with Gasteiger partial charge in [0.2, 0.25) is 0 Å². The second-order valence-electron chi connectivity index (χ2n) is 2.82. The van der Waals surface area contributed by atoms with Gasteiger partial charge in [0.25, 0.3) is 10.2 Å². The van der Waals surface area contributed by atoms with E-state index < -0.39 is 10.2 Å². The van der Waals surface area contributed by atoms with E-state index >= 15 is 0 Å². The van der Waals surface area contributed by atoms with Crippen molar-refractivity contribution in [3.8, 4) is 0 Å². The summed E-state index contributed by atoms with van der Waals surface area (Å²) in [5.41, 5.74) is 10.6. The highest BCUT2D eigenvalue weighted by Gasteiger charge is 2.17. The topological polar surface area (TPSA) is 101 Å². The smallest absolute Gasteiger partial charge is 0.279 e. The summed E-state index contributed by atoms with van der Waals surface area (Å²) < 4.78 is 26.9. The summed E-state index contributed by atoms with van der Waals surface area (Å²) in [7, 11) is -3.36. The van der Waals surface area contributed by atoms with Gasteiger partial charge in [-0.05, 0) is 13.0 Å². The monoisotopic (exact) mass is 224 g/mol. The van der Waals surface area contributed by atoms with Gasteiger partial charge in [0.15, 0.2) is 0 Å². The molecular formula is C7H20N4O2S. The molecule has 7 heteroatoms. The Morgan fingerprint density at radius 1 is 1.29 bits per heavy atom. The van der Waals surface area contributed by atoms with Crippen molar-refractivity contribution in [2.24, 2.45) is 11.5 Å². The minimum absolute atomic E-state index is 0.325. The lowest BCUT2D eigenvalue weighted by Gasteiger charge is -2.19. The number of nitrogens with zero attached hydrogens (tertiary/aromatic N) is 1. The third-order valence-electron chi connectivity index (χ3n) is 1.74. The molecule has 0 spiro atoms. The first-order valence-corrected chi connectivity index (χ1v) is 6.17. The molecule has 0 saturated carbocycles. The van der Waals surface area contributed by atoms with Crippen molar-refractivity contribution in [2.75, 3.05) is 32.7 Å². The van der Waals surface area contributed by atoms with E-state index in [2.05, 4.69) is 4.72 Å². The van der Waals surface area contributed by atoms with Gasteiger partial charge in [-0.15, -0.1) is 0 Å². The SMILES string of the molecule is CCN(CCN)S(=O)(=O)NCCCN. The van der Waals surface area contributed by atoms with Crippen LogP contribution in [0.2, 0.25) is 0 Å². The van der Waals surface area contributed by atoms with Gasteiger partial charge in [-0.25, -0.2) is 4.72 Å². The van der Waals surface area contributed by atoms with Crippen LogP contribution in [0.1, 0.15) is 13.3 Å². The maximum absolute atomic E-state index is 11.5. The van der Waals surface area contributed by atoms with Crippen LogP contribution in [-0.2, 0) is 10.2 Å². The molecule has 0 saturated heterocycles. The van der Waals surface area contributed by atoms with Crippen LogP contribution in [0.5, 0.6) is 0 Å². The first-order chi connectivity index (χ1) is 6.58. The summed E-state index contributed by atoms with van der Waals surface area (Å²) in [6, 6.07) is 0. The summed E-state index contributed by atoms with van der Waals surface area (Å²) in [5, 5.41) is 0. The van der Waals surface area contributed by atoms with E-state index in [0.29, 0.717) is 39.1 Å². The van der Waals surface area contributed by atoms with E-state index in [1.165, 1.54) is 4.31 Å². The Morgan fingerprint density at radius 3 is 2.36 bits per heavy atom. The van der Waals surface area contributed by atoms with Crippen molar-refractivity contribution >= 4 is 10.2 Å². The first-order valence-electron chi connectivity index (χ1n) is 4.73. The van der Waals surface area contributed by atoms with Crippen molar-refractivity contribution in [3.05, 3.63) is 0 Å². The predicted molar refractivity (Wildman–Crippen MR) is 56.9 cm³/mol. The van der Waals surface area contributed by atoms with E-state index in [9.17, 15) is 8.42 Å². The van der Waals surface area contributed by atoms with Gasteiger partial charge >= 0.3 is 0 Å². The zero-order valence-electron chi connectivity index (χ0n) is 8.57. The van der Waals surface area contributed by atoms with Gasteiger partial charge < -0.3 is 11.5 Å². The predicted octanol–water partition coefficient (Wildman–Crippen LogP) is -1.55. The van der Waals surface area contributed by atoms with E-state index in [4.69, 9.17) is 11.5 Å². The Labute approximate surface area is 85.8 Å².